The lowest BCUT2D eigenvalue weighted by molar-refractivity contribution is -0.135. The second kappa shape index (κ2) is 5.57. The number of nitrogens with one attached hydrogen (secondary N) is 2. The van der Waals surface area contributed by atoms with Crippen molar-refractivity contribution in [2.24, 2.45) is 5.92 Å². The molecule has 0 aliphatic rings. The van der Waals surface area contributed by atoms with Gasteiger partial charge in [-0.05, 0) is 13.3 Å². The second-order valence-corrected chi connectivity index (χ2v) is 2.47. The normalized spacial score (nSPS) is 11.9. The van der Waals surface area contributed by atoms with E-state index in [9.17, 15) is 9.59 Å². The minimum Gasteiger partial charge on any atom is -0.358 e. The fourth-order valence-corrected chi connectivity index (χ4v) is 0.962. The molecular formula is C8H16N2O2. The van der Waals surface area contributed by atoms with Crippen molar-refractivity contribution >= 4 is 11.8 Å². The summed E-state index contributed by atoms with van der Waals surface area (Å²) in [7, 11) is 1.53. The van der Waals surface area contributed by atoms with Crippen LogP contribution >= 0.6 is 0 Å². The van der Waals surface area contributed by atoms with Crippen LogP contribution in [-0.4, -0.2) is 25.4 Å². The van der Waals surface area contributed by atoms with Gasteiger partial charge in [0.1, 0.15) is 5.92 Å². The Bertz CT molecular complexity index is 168. The average molecular weight is 172 g/mol. The fourth-order valence-electron chi connectivity index (χ4n) is 0.962. The maximum absolute atomic E-state index is 11.2. The Kier molecular flexibility index (Phi) is 5.08. The van der Waals surface area contributed by atoms with Crippen LogP contribution in [0.4, 0.5) is 0 Å². The minimum absolute atomic E-state index is 0.195. The molecule has 0 saturated heterocycles. The van der Waals surface area contributed by atoms with Crippen molar-refractivity contribution in [2.45, 2.75) is 20.3 Å². The molecule has 0 aliphatic carbocycles. The number of carbonyl (C=O) groups excluding carboxylic acids is 2. The largest absolute Gasteiger partial charge is 0.358 e. The molecule has 0 aliphatic heterocycles. The summed E-state index contributed by atoms with van der Waals surface area (Å²) in [6.07, 6.45) is 0.533. The van der Waals surface area contributed by atoms with E-state index in [4.69, 9.17) is 0 Å². The van der Waals surface area contributed by atoms with E-state index in [2.05, 4.69) is 10.6 Å². The topological polar surface area (TPSA) is 58.2 Å². The van der Waals surface area contributed by atoms with Crippen LogP contribution < -0.4 is 10.6 Å². The van der Waals surface area contributed by atoms with Gasteiger partial charge in [-0.2, -0.15) is 0 Å². The molecule has 4 nitrogen and oxygen atoms in total. The van der Waals surface area contributed by atoms with Crippen molar-refractivity contribution in [1.82, 2.24) is 10.6 Å². The monoisotopic (exact) mass is 172 g/mol. The number of rotatable bonds is 4. The van der Waals surface area contributed by atoms with Gasteiger partial charge < -0.3 is 10.6 Å². The van der Waals surface area contributed by atoms with Crippen molar-refractivity contribution in [3.63, 3.8) is 0 Å². The second-order valence-electron chi connectivity index (χ2n) is 2.47. The maximum atomic E-state index is 11.2. The van der Waals surface area contributed by atoms with Crippen molar-refractivity contribution in [3.8, 4) is 0 Å². The Morgan fingerprint density at radius 1 is 1.25 bits per heavy atom. The van der Waals surface area contributed by atoms with Crippen molar-refractivity contribution < 1.29 is 9.59 Å². The standard InChI is InChI=1S/C8H16N2O2/c1-4-6(7(11)9-3)8(12)10-5-2/h6H,4-5H2,1-3H3,(H,9,11)(H,10,12). The van der Waals surface area contributed by atoms with E-state index in [1.54, 1.807) is 0 Å². The van der Waals surface area contributed by atoms with Gasteiger partial charge in [0.05, 0.1) is 0 Å². The SMILES string of the molecule is CCNC(=O)C(CC)C(=O)NC. The van der Waals surface area contributed by atoms with E-state index >= 15 is 0 Å². The van der Waals surface area contributed by atoms with Gasteiger partial charge >= 0.3 is 0 Å². The molecule has 1 atom stereocenters. The first-order valence-corrected chi connectivity index (χ1v) is 4.16. The van der Waals surface area contributed by atoms with Crippen molar-refractivity contribution in [2.75, 3.05) is 13.6 Å². The molecule has 70 valence electrons. The van der Waals surface area contributed by atoms with Crippen molar-refractivity contribution in [3.05, 3.63) is 0 Å². The number of carbonyl (C=O) groups is 2. The zero-order valence-electron chi connectivity index (χ0n) is 7.81. The highest BCUT2D eigenvalue weighted by Crippen LogP contribution is 2.01. The minimum atomic E-state index is -0.546. The summed E-state index contributed by atoms with van der Waals surface area (Å²) < 4.78 is 0. The average Bonchev–Trinajstić information content (AvgIpc) is 2.06. The van der Waals surface area contributed by atoms with Crippen LogP contribution in [-0.2, 0) is 9.59 Å². The van der Waals surface area contributed by atoms with Crippen LogP contribution in [0.25, 0.3) is 0 Å². The van der Waals surface area contributed by atoms with Crippen LogP contribution in [0.1, 0.15) is 20.3 Å². The molecule has 0 heterocycles. The van der Waals surface area contributed by atoms with Gasteiger partial charge in [0.2, 0.25) is 11.8 Å². The molecular weight excluding hydrogens is 156 g/mol. The third-order valence-corrected chi connectivity index (χ3v) is 1.64. The molecule has 0 spiro atoms. The van der Waals surface area contributed by atoms with Gasteiger partial charge in [0, 0.05) is 13.6 Å². The molecule has 2 N–H and O–H groups in total. The van der Waals surface area contributed by atoms with Gasteiger partial charge in [-0.3, -0.25) is 9.59 Å². The summed E-state index contributed by atoms with van der Waals surface area (Å²) in [4.78, 5) is 22.3. The van der Waals surface area contributed by atoms with E-state index in [1.807, 2.05) is 13.8 Å². The smallest absolute Gasteiger partial charge is 0.232 e. The summed E-state index contributed by atoms with van der Waals surface area (Å²) in [6.45, 7) is 4.20. The first-order chi connectivity index (χ1) is 5.67. The first-order valence-electron chi connectivity index (χ1n) is 4.16. The molecule has 0 fully saturated rings. The predicted molar refractivity (Wildman–Crippen MR) is 46.5 cm³/mol. The molecule has 12 heavy (non-hydrogen) atoms. The summed E-state index contributed by atoms with van der Waals surface area (Å²) in [5, 5.41) is 5.07. The highest BCUT2D eigenvalue weighted by Gasteiger charge is 2.22. The highest BCUT2D eigenvalue weighted by molar-refractivity contribution is 6.00. The Morgan fingerprint density at radius 3 is 2.17 bits per heavy atom. The molecule has 0 rings (SSSR count). The van der Waals surface area contributed by atoms with E-state index in [-0.39, 0.29) is 11.8 Å². The molecule has 0 aromatic carbocycles. The Balaban J connectivity index is 4.14. The Hall–Kier alpha value is -1.06. The van der Waals surface area contributed by atoms with Crippen molar-refractivity contribution in [1.29, 1.82) is 0 Å². The first kappa shape index (κ1) is 10.9. The summed E-state index contributed by atoms with van der Waals surface area (Å²) in [5.74, 6) is -0.960. The predicted octanol–water partition coefficient (Wildman–Crippen LogP) is -0.105. The van der Waals surface area contributed by atoms with Gasteiger partial charge in [0.15, 0.2) is 0 Å². The number of amides is 2. The Morgan fingerprint density at radius 2 is 1.83 bits per heavy atom. The van der Waals surface area contributed by atoms with Crippen LogP contribution in [0.2, 0.25) is 0 Å². The lowest BCUT2D eigenvalue weighted by atomic mass is 10.1. The lowest BCUT2D eigenvalue weighted by Crippen LogP contribution is -2.39. The zero-order valence-corrected chi connectivity index (χ0v) is 7.81. The van der Waals surface area contributed by atoms with Gasteiger partial charge in [-0.25, -0.2) is 0 Å². The molecule has 0 aromatic rings. The summed E-state index contributed by atoms with van der Waals surface area (Å²) in [5.41, 5.74) is 0. The Labute approximate surface area is 72.7 Å². The molecule has 0 bridgehead atoms. The highest BCUT2D eigenvalue weighted by atomic mass is 16.2. The van der Waals surface area contributed by atoms with Gasteiger partial charge in [-0.15, -0.1) is 0 Å². The quantitative estimate of drug-likeness (QED) is 0.581. The molecule has 1 unspecified atom stereocenters. The van der Waals surface area contributed by atoms with Crippen LogP contribution in [0.3, 0.4) is 0 Å². The third kappa shape index (κ3) is 2.90. The van der Waals surface area contributed by atoms with E-state index in [0.717, 1.165) is 0 Å². The van der Waals surface area contributed by atoms with Crippen LogP contribution in [0.5, 0.6) is 0 Å². The number of hydrogen-bond donors (Lipinski definition) is 2. The molecule has 0 radical (unpaired) electrons. The zero-order chi connectivity index (χ0) is 9.56. The summed E-state index contributed by atoms with van der Waals surface area (Å²) >= 11 is 0. The van der Waals surface area contributed by atoms with E-state index in [0.29, 0.717) is 13.0 Å². The maximum Gasteiger partial charge on any atom is 0.232 e. The van der Waals surface area contributed by atoms with Gasteiger partial charge in [-0.1, -0.05) is 6.92 Å². The molecule has 4 heteroatoms. The van der Waals surface area contributed by atoms with Crippen LogP contribution in [0.15, 0.2) is 0 Å². The van der Waals surface area contributed by atoms with E-state index < -0.39 is 5.92 Å². The van der Waals surface area contributed by atoms with Gasteiger partial charge in [0.25, 0.3) is 0 Å². The van der Waals surface area contributed by atoms with E-state index in [1.165, 1.54) is 7.05 Å². The third-order valence-electron chi connectivity index (χ3n) is 1.64. The summed E-state index contributed by atoms with van der Waals surface area (Å²) in [6, 6.07) is 0. The molecule has 2 amide bonds. The molecule has 0 aromatic heterocycles. The number of hydrogen-bond acceptors (Lipinski definition) is 2. The lowest BCUT2D eigenvalue weighted by Gasteiger charge is -2.11. The molecule has 0 saturated carbocycles. The van der Waals surface area contributed by atoms with Crippen LogP contribution in [0, 0.1) is 5.92 Å². The fraction of sp³-hybridized carbons (Fsp3) is 0.750.